The Kier molecular flexibility index (Phi) is 7.50. The summed E-state index contributed by atoms with van der Waals surface area (Å²) in [5.41, 5.74) is 0. The van der Waals surface area contributed by atoms with Crippen molar-refractivity contribution in [1.29, 1.82) is 0 Å². The van der Waals surface area contributed by atoms with Gasteiger partial charge >= 0.3 is 64.9 Å². The van der Waals surface area contributed by atoms with E-state index in [4.69, 9.17) is 0 Å². The van der Waals surface area contributed by atoms with Gasteiger partial charge in [0.25, 0.3) is 0 Å². The van der Waals surface area contributed by atoms with Crippen LogP contribution in [0.15, 0.2) is 0 Å². The van der Waals surface area contributed by atoms with Crippen LogP contribution in [0.1, 0.15) is 0 Å². The van der Waals surface area contributed by atoms with Crippen molar-refractivity contribution in [3.63, 3.8) is 0 Å². The van der Waals surface area contributed by atoms with Crippen LogP contribution in [0.3, 0.4) is 0 Å². The van der Waals surface area contributed by atoms with Gasteiger partial charge in [0.15, 0.2) is 0 Å². The van der Waals surface area contributed by atoms with Crippen LogP contribution in [0.5, 0.6) is 0 Å². The van der Waals surface area contributed by atoms with Gasteiger partial charge in [-0.3, -0.25) is 0 Å². The van der Waals surface area contributed by atoms with Crippen molar-refractivity contribution in [3.05, 3.63) is 0 Å². The predicted octanol–water partition coefficient (Wildman–Crippen LogP) is -1.64. The zero-order chi connectivity index (χ0) is 5.91. The molecule has 0 fully saturated rings. The Morgan fingerprint density at radius 1 is 1.12 bits per heavy atom. The Balaban J connectivity index is 0. The molecular weight excluding hydrogens is 304 g/mol. The first kappa shape index (κ1) is 11.9. The van der Waals surface area contributed by atoms with Crippen molar-refractivity contribution in [1.82, 2.24) is 0 Å². The van der Waals surface area contributed by atoms with Crippen LogP contribution in [0.2, 0.25) is 0 Å². The molecule has 0 saturated heterocycles. The molecule has 0 unspecified atom stereocenters. The van der Waals surface area contributed by atoms with Crippen LogP contribution in [0.25, 0.3) is 0 Å². The molecule has 0 rings (SSSR count). The molecule has 0 heterocycles. The summed E-state index contributed by atoms with van der Waals surface area (Å²) in [7, 11) is -3.65. The molecule has 0 atom stereocenters. The van der Waals surface area contributed by atoms with Crippen LogP contribution in [0.4, 0.5) is 0 Å². The Morgan fingerprint density at radius 3 is 1.38 bits per heavy atom. The van der Waals surface area contributed by atoms with Gasteiger partial charge in [0.1, 0.15) is 0 Å². The monoisotopic (exact) mass is 310 g/mol. The second-order valence-corrected chi connectivity index (χ2v) is 3.64. The summed E-state index contributed by atoms with van der Waals surface area (Å²) in [4.78, 5) is 0. The van der Waals surface area contributed by atoms with Gasteiger partial charge in [-0.05, 0) is 0 Å². The molecule has 0 aromatic rings. The molecule has 0 bridgehead atoms. The van der Waals surface area contributed by atoms with Crippen molar-refractivity contribution in [2.75, 3.05) is 0 Å². The van der Waals surface area contributed by atoms with E-state index in [-0.39, 0.29) is 5.48 Å². The first-order valence-electron chi connectivity index (χ1n) is 1.00. The number of rotatable bonds is 2. The standard InChI is InChI=1S/2Mo.H2O4S.H2O/c;;1-5(2,3)4;/h;;(H2,1,2,3,4);1H2/q2*+1;;/p-2. The third kappa shape index (κ3) is 5.35. The van der Waals surface area contributed by atoms with E-state index in [0.29, 0.717) is 0 Å². The van der Waals surface area contributed by atoms with E-state index in [2.05, 4.69) is 5.67 Å². The Labute approximate surface area is 70.1 Å². The van der Waals surface area contributed by atoms with Crippen molar-refractivity contribution in [3.8, 4) is 0 Å². The van der Waals surface area contributed by atoms with E-state index in [1.54, 1.807) is 0 Å². The average Bonchev–Trinajstić information content (AvgIpc) is 1.68. The molecule has 0 aromatic carbocycles. The van der Waals surface area contributed by atoms with Gasteiger partial charge in [0.2, 0.25) is 0 Å². The van der Waals surface area contributed by atoms with E-state index in [9.17, 15) is 8.42 Å². The SMILES string of the molecule is O.O=S(=O)([O][Mo])[O][Mo]. The van der Waals surface area contributed by atoms with Gasteiger partial charge in [0.05, 0.1) is 0 Å². The maximum atomic E-state index is 9.93. The zero-order valence-electron chi connectivity index (χ0n) is 3.36. The average molecular weight is 306 g/mol. The Morgan fingerprint density at radius 2 is 1.38 bits per heavy atom. The van der Waals surface area contributed by atoms with Gasteiger partial charge < -0.3 is 5.48 Å². The molecule has 0 spiro atoms. The predicted molar refractivity (Wildman–Crippen MR) is 14.7 cm³/mol. The van der Waals surface area contributed by atoms with Gasteiger partial charge in [-0.25, -0.2) is 0 Å². The van der Waals surface area contributed by atoms with Crippen LogP contribution in [-0.2, 0) is 56.5 Å². The summed E-state index contributed by atoms with van der Waals surface area (Å²) < 4.78 is 27.6. The van der Waals surface area contributed by atoms with E-state index >= 15 is 0 Å². The van der Waals surface area contributed by atoms with Crippen LogP contribution in [0, 0.1) is 0 Å². The van der Waals surface area contributed by atoms with Crippen LogP contribution < -0.4 is 0 Å². The zero-order valence-corrected chi connectivity index (χ0v) is 8.19. The summed E-state index contributed by atoms with van der Waals surface area (Å²) in [6, 6.07) is 0. The maximum absolute atomic E-state index is 9.93. The molecule has 0 aliphatic heterocycles. The molecule has 0 aromatic heterocycles. The molecule has 2 N–H and O–H groups in total. The van der Waals surface area contributed by atoms with Crippen LogP contribution in [-0.4, -0.2) is 13.9 Å². The van der Waals surface area contributed by atoms with Crippen molar-refractivity contribution in [2.24, 2.45) is 0 Å². The second kappa shape index (κ2) is 5.03. The normalized spacial score (nSPS) is 10.0. The van der Waals surface area contributed by atoms with Crippen molar-refractivity contribution in [2.45, 2.75) is 0 Å². The first-order valence-corrected chi connectivity index (χ1v) is 3.97. The van der Waals surface area contributed by atoms with E-state index in [1.807, 2.05) is 0 Å². The van der Waals surface area contributed by atoms with Gasteiger partial charge in [-0.2, -0.15) is 0 Å². The summed E-state index contributed by atoms with van der Waals surface area (Å²) in [5.74, 6) is 0. The molecule has 8 heavy (non-hydrogen) atoms. The second-order valence-electron chi connectivity index (χ2n) is 0.544. The third-order valence-electron chi connectivity index (χ3n) is 0.167. The van der Waals surface area contributed by atoms with E-state index < -0.39 is 10.4 Å². The fraction of sp³-hybridized carbons (Fsp3) is 0. The fourth-order valence-corrected chi connectivity index (χ4v) is 1.19. The quantitative estimate of drug-likeness (QED) is 0.573. The third-order valence-corrected chi connectivity index (χ3v) is 2.96. The molecule has 8 heteroatoms. The van der Waals surface area contributed by atoms with E-state index in [1.165, 1.54) is 0 Å². The van der Waals surface area contributed by atoms with Gasteiger partial charge in [0, 0.05) is 0 Å². The molecule has 0 amide bonds. The summed E-state index contributed by atoms with van der Waals surface area (Å²) >= 11 is 1.93. The van der Waals surface area contributed by atoms with Crippen molar-refractivity contribution >= 4 is 10.4 Å². The van der Waals surface area contributed by atoms with Crippen LogP contribution >= 0.6 is 0 Å². The van der Waals surface area contributed by atoms with E-state index in [0.717, 1.165) is 40.4 Å². The summed E-state index contributed by atoms with van der Waals surface area (Å²) in [6.45, 7) is 0. The minimum atomic E-state index is -3.65. The summed E-state index contributed by atoms with van der Waals surface area (Å²) in [6.07, 6.45) is 0. The molecule has 50 valence electrons. The molecule has 0 aliphatic carbocycles. The topological polar surface area (TPSA) is 84.1 Å². The molecule has 0 saturated carbocycles. The molecule has 5 nitrogen and oxygen atoms in total. The molecular formula is H2Mo2O5S. The molecule has 0 radical (unpaired) electrons. The molecule has 0 aliphatic rings. The fourth-order valence-electron chi connectivity index (χ4n) is 0.0113. The Hall–Kier alpha value is 1.21. The number of hydrogen-bond donors (Lipinski definition) is 0. The number of hydrogen-bond acceptors (Lipinski definition) is 4. The Bertz CT molecular complexity index is 113. The van der Waals surface area contributed by atoms with Crippen molar-refractivity contribution < 1.29 is 60.0 Å². The first-order chi connectivity index (χ1) is 3.12. The summed E-state index contributed by atoms with van der Waals surface area (Å²) in [5, 5.41) is 0. The minimum absolute atomic E-state index is 0. The van der Waals surface area contributed by atoms with Gasteiger partial charge in [-0.15, -0.1) is 0 Å². The van der Waals surface area contributed by atoms with Gasteiger partial charge in [-0.1, -0.05) is 0 Å².